The van der Waals surface area contributed by atoms with Crippen molar-refractivity contribution in [1.29, 1.82) is 0 Å². The first-order valence-electron chi connectivity index (χ1n) is 5.31. The Bertz CT molecular complexity index is 322. The molecule has 0 fully saturated rings. The highest BCUT2D eigenvalue weighted by molar-refractivity contribution is 5.38. The summed E-state index contributed by atoms with van der Waals surface area (Å²) in [7, 11) is 0. The monoisotopic (exact) mass is 190 g/mol. The molecule has 1 heterocycles. The van der Waals surface area contributed by atoms with Crippen molar-refractivity contribution in [2.45, 2.75) is 33.1 Å². The normalized spacial score (nSPS) is 21.2. The molecule has 0 bridgehead atoms. The molecule has 2 rings (SSSR count). The second kappa shape index (κ2) is 3.30. The van der Waals surface area contributed by atoms with Crippen molar-refractivity contribution in [1.82, 2.24) is 0 Å². The molecule has 1 aromatic carbocycles. The molecule has 1 unspecified atom stereocenters. The summed E-state index contributed by atoms with van der Waals surface area (Å²) in [6.07, 6.45) is 1.14. The second-order valence-corrected chi connectivity index (χ2v) is 5.09. The lowest BCUT2D eigenvalue weighted by Crippen LogP contribution is -2.24. The smallest absolute Gasteiger partial charge is 0.122 e. The number of fused-ring (bicyclic) bond motifs is 1. The van der Waals surface area contributed by atoms with Gasteiger partial charge in [0.1, 0.15) is 5.75 Å². The Hall–Kier alpha value is -0.980. The van der Waals surface area contributed by atoms with Gasteiger partial charge in [-0.25, -0.2) is 0 Å². The molecule has 1 aliphatic rings. The van der Waals surface area contributed by atoms with Crippen LogP contribution in [-0.4, -0.2) is 6.61 Å². The maximum absolute atomic E-state index is 5.65. The molecule has 1 aliphatic heterocycles. The molecule has 0 aromatic heterocycles. The lowest BCUT2D eigenvalue weighted by atomic mass is 9.74. The van der Waals surface area contributed by atoms with Gasteiger partial charge in [-0.3, -0.25) is 0 Å². The van der Waals surface area contributed by atoms with Crippen molar-refractivity contribution in [2.75, 3.05) is 6.61 Å². The van der Waals surface area contributed by atoms with E-state index in [1.807, 2.05) is 6.07 Å². The molecular weight excluding hydrogens is 172 g/mol. The average Bonchev–Trinajstić information content (AvgIpc) is 2.15. The largest absolute Gasteiger partial charge is 0.493 e. The first kappa shape index (κ1) is 9.57. The Balaban J connectivity index is 2.41. The molecule has 1 aromatic rings. The van der Waals surface area contributed by atoms with Gasteiger partial charge in [-0.1, -0.05) is 39.0 Å². The number of hydrogen-bond donors (Lipinski definition) is 0. The highest BCUT2D eigenvalue weighted by Gasteiger charge is 2.30. The molecular formula is C13H18O. The van der Waals surface area contributed by atoms with Crippen LogP contribution in [0.25, 0.3) is 0 Å². The quantitative estimate of drug-likeness (QED) is 0.607. The first-order valence-corrected chi connectivity index (χ1v) is 5.31. The lowest BCUT2D eigenvalue weighted by Gasteiger charge is -2.35. The lowest BCUT2D eigenvalue weighted by molar-refractivity contribution is 0.204. The van der Waals surface area contributed by atoms with E-state index in [0.29, 0.717) is 11.3 Å². The summed E-state index contributed by atoms with van der Waals surface area (Å²) in [5.41, 5.74) is 1.71. The van der Waals surface area contributed by atoms with Crippen molar-refractivity contribution < 1.29 is 4.74 Å². The molecule has 0 aliphatic carbocycles. The van der Waals surface area contributed by atoms with E-state index >= 15 is 0 Å². The zero-order valence-electron chi connectivity index (χ0n) is 9.21. The maximum Gasteiger partial charge on any atom is 0.122 e. The third kappa shape index (κ3) is 1.63. The topological polar surface area (TPSA) is 9.23 Å². The van der Waals surface area contributed by atoms with Gasteiger partial charge in [0.25, 0.3) is 0 Å². The molecule has 1 atom stereocenters. The molecule has 0 N–H and O–H groups in total. The Kier molecular flexibility index (Phi) is 2.26. The number of hydrogen-bond acceptors (Lipinski definition) is 1. The van der Waals surface area contributed by atoms with Crippen molar-refractivity contribution in [3.05, 3.63) is 29.8 Å². The van der Waals surface area contributed by atoms with Gasteiger partial charge < -0.3 is 4.74 Å². The van der Waals surface area contributed by atoms with Gasteiger partial charge in [0, 0.05) is 0 Å². The van der Waals surface area contributed by atoms with E-state index in [1.54, 1.807) is 0 Å². The van der Waals surface area contributed by atoms with Crippen molar-refractivity contribution in [2.24, 2.45) is 5.41 Å². The minimum absolute atomic E-state index is 0.333. The molecule has 0 saturated carbocycles. The predicted molar refractivity (Wildman–Crippen MR) is 58.8 cm³/mol. The van der Waals surface area contributed by atoms with Gasteiger partial charge in [-0.05, 0) is 29.4 Å². The fraction of sp³-hybridized carbons (Fsp3) is 0.538. The van der Waals surface area contributed by atoms with Gasteiger partial charge in [0.15, 0.2) is 0 Å². The van der Waals surface area contributed by atoms with E-state index in [-0.39, 0.29) is 0 Å². The van der Waals surface area contributed by atoms with Crippen LogP contribution in [0.15, 0.2) is 24.3 Å². The van der Waals surface area contributed by atoms with Crippen molar-refractivity contribution in [3.63, 3.8) is 0 Å². The van der Waals surface area contributed by atoms with Gasteiger partial charge in [-0.15, -0.1) is 0 Å². The highest BCUT2D eigenvalue weighted by atomic mass is 16.5. The fourth-order valence-corrected chi connectivity index (χ4v) is 2.24. The minimum atomic E-state index is 0.333. The molecule has 0 amide bonds. The van der Waals surface area contributed by atoms with E-state index in [9.17, 15) is 0 Å². The van der Waals surface area contributed by atoms with Crippen LogP contribution in [0.5, 0.6) is 5.75 Å². The number of benzene rings is 1. The molecule has 14 heavy (non-hydrogen) atoms. The van der Waals surface area contributed by atoms with Gasteiger partial charge >= 0.3 is 0 Å². The summed E-state index contributed by atoms with van der Waals surface area (Å²) in [6.45, 7) is 7.78. The van der Waals surface area contributed by atoms with Crippen LogP contribution in [0.2, 0.25) is 0 Å². The Morgan fingerprint density at radius 3 is 2.64 bits per heavy atom. The van der Waals surface area contributed by atoms with Crippen LogP contribution in [0, 0.1) is 5.41 Å². The summed E-state index contributed by atoms with van der Waals surface area (Å²) < 4.78 is 5.65. The molecule has 76 valence electrons. The van der Waals surface area contributed by atoms with E-state index in [2.05, 4.69) is 39.0 Å². The molecule has 0 spiro atoms. The zero-order chi connectivity index (χ0) is 10.2. The summed E-state index contributed by atoms with van der Waals surface area (Å²) in [5.74, 6) is 1.71. The van der Waals surface area contributed by atoms with Gasteiger partial charge in [0.2, 0.25) is 0 Å². The summed E-state index contributed by atoms with van der Waals surface area (Å²) in [4.78, 5) is 0. The van der Waals surface area contributed by atoms with Gasteiger partial charge in [-0.2, -0.15) is 0 Å². The number of para-hydroxylation sites is 1. The average molecular weight is 190 g/mol. The second-order valence-electron chi connectivity index (χ2n) is 5.09. The molecule has 1 heteroatoms. The Morgan fingerprint density at radius 2 is 1.93 bits per heavy atom. The highest BCUT2D eigenvalue weighted by Crippen LogP contribution is 2.43. The van der Waals surface area contributed by atoms with Crippen LogP contribution >= 0.6 is 0 Å². The van der Waals surface area contributed by atoms with Crippen LogP contribution in [-0.2, 0) is 0 Å². The standard InChI is InChI=1S/C13H18O/c1-13(2,3)11-8-9-14-12-7-5-4-6-10(11)12/h4-7,11H,8-9H2,1-3H3. The SMILES string of the molecule is CC(C)(C)C1CCOc2ccccc21. The van der Waals surface area contributed by atoms with Crippen molar-refractivity contribution in [3.8, 4) is 5.75 Å². The Morgan fingerprint density at radius 1 is 1.21 bits per heavy atom. The third-order valence-electron chi connectivity index (χ3n) is 3.00. The first-order chi connectivity index (χ1) is 6.59. The van der Waals surface area contributed by atoms with E-state index in [4.69, 9.17) is 4.74 Å². The van der Waals surface area contributed by atoms with Gasteiger partial charge in [0.05, 0.1) is 6.61 Å². The summed E-state index contributed by atoms with van der Waals surface area (Å²) in [6, 6.07) is 8.42. The summed E-state index contributed by atoms with van der Waals surface area (Å²) >= 11 is 0. The van der Waals surface area contributed by atoms with Crippen molar-refractivity contribution >= 4 is 0 Å². The maximum atomic E-state index is 5.65. The van der Waals surface area contributed by atoms with E-state index in [1.165, 1.54) is 5.56 Å². The Labute approximate surface area is 86.1 Å². The van der Waals surface area contributed by atoms with Crippen LogP contribution in [0.1, 0.15) is 38.7 Å². The fourth-order valence-electron chi connectivity index (χ4n) is 2.24. The summed E-state index contributed by atoms with van der Waals surface area (Å²) in [5, 5.41) is 0. The third-order valence-corrected chi connectivity index (χ3v) is 3.00. The van der Waals surface area contributed by atoms with E-state index in [0.717, 1.165) is 18.8 Å². The number of ether oxygens (including phenoxy) is 1. The number of rotatable bonds is 0. The predicted octanol–water partition coefficient (Wildman–Crippen LogP) is 3.60. The minimum Gasteiger partial charge on any atom is -0.493 e. The molecule has 0 saturated heterocycles. The molecule has 0 radical (unpaired) electrons. The van der Waals surface area contributed by atoms with Crippen LogP contribution in [0.3, 0.4) is 0 Å². The zero-order valence-corrected chi connectivity index (χ0v) is 9.21. The van der Waals surface area contributed by atoms with E-state index < -0.39 is 0 Å². The van der Waals surface area contributed by atoms with Crippen LogP contribution < -0.4 is 4.74 Å². The molecule has 1 nitrogen and oxygen atoms in total. The van der Waals surface area contributed by atoms with Crippen LogP contribution in [0.4, 0.5) is 0 Å².